The number of nitrogens with zero attached hydrogens (tertiary/aromatic N) is 1. The van der Waals surface area contributed by atoms with Gasteiger partial charge in [-0.05, 0) is 60.6 Å². The summed E-state index contributed by atoms with van der Waals surface area (Å²) >= 11 is 0. The highest BCUT2D eigenvalue weighted by Gasteiger charge is 2.39. The zero-order chi connectivity index (χ0) is 20.4. The lowest BCUT2D eigenvalue weighted by Crippen LogP contribution is -2.34. The van der Waals surface area contributed by atoms with Gasteiger partial charge in [-0.2, -0.15) is 0 Å². The molecule has 1 fully saturated rings. The number of ether oxygens (including phenoxy) is 3. The first-order valence-electron chi connectivity index (χ1n) is 10.0. The maximum Gasteiger partial charge on any atom is 0.247 e. The summed E-state index contributed by atoms with van der Waals surface area (Å²) in [6, 6.07) is 12.7. The number of fused-ring (bicyclic) bond motifs is 1. The average molecular weight is 393 g/mol. The van der Waals surface area contributed by atoms with Crippen LogP contribution in [0.5, 0.6) is 17.2 Å². The Morgan fingerprint density at radius 2 is 1.69 bits per heavy atom. The van der Waals surface area contributed by atoms with Crippen molar-refractivity contribution in [2.45, 2.75) is 37.8 Å². The molecule has 4 rings (SSSR count). The number of carbonyl (C=O) groups is 1. The first kappa shape index (κ1) is 19.4. The molecule has 2 aromatic rings. The molecule has 5 nitrogen and oxygen atoms in total. The van der Waals surface area contributed by atoms with Crippen LogP contribution in [0.25, 0.3) is 6.08 Å². The highest BCUT2D eigenvalue weighted by molar-refractivity contribution is 5.92. The lowest BCUT2D eigenvalue weighted by atomic mass is 10.1. The van der Waals surface area contributed by atoms with Gasteiger partial charge in [0.2, 0.25) is 11.7 Å². The molecule has 29 heavy (non-hydrogen) atoms. The number of amides is 1. The third-order valence-corrected chi connectivity index (χ3v) is 5.74. The maximum atomic E-state index is 13.2. The van der Waals surface area contributed by atoms with E-state index in [-0.39, 0.29) is 11.9 Å². The Hall–Kier alpha value is -2.95. The van der Waals surface area contributed by atoms with Crippen molar-refractivity contribution < 1.29 is 19.0 Å². The van der Waals surface area contributed by atoms with Crippen LogP contribution < -0.4 is 14.2 Å². The third-order valence-electron chi connectivity index (χ3n) is 5.74. The van der Waals surface area contributed by atoms with Crippen molar-refractivity contribution in [2.75, 3.05) is 21.3 Å². The van der Waals surface area contributed by atoms with Crippen LogP contribution in [0.1, 0.15) is 42.0 Å². The van der Waals surface area contributed by atoms with Gasteiger partial charge in [-0.25, -0.2) is 0 Å². The molecule has 0 N–H and O–H groups in total. The SMILES string of the molecule is COc1cc(/C=C/C(=O)N(C2CC2)C2CCc3ccccc32)cc(OC)c1OC. The zero-order valence-electron chi connectivity index (χ0n) is 17.2. The molecular formula is C24H27NO4. The van der Waals surface area contributed by atoms with Crippen molar-refractivity contribution in [3.05, 3.63) is 59.2 Å². The molecule has 0 aromatic heterocycles. The Balaban J connectivity index is 1.59. The van der Waals surface area contributed by atoms with Crippen molar-refractivity contribution >= 4 is 12.0 Å². The van der Waals surface area contributed by atoms with Gasteiger partial charge in [0.15, 0.2) is 11.5 Å². The van der Waals surface area contributed by atoms with Gasteiger partial charge in [-0.3, -0.25) is 4.79 Å². The van der Waals surface area contributed by atoms with E-state index in [2.05, 4.69) is 29.2 Å². The van der Waals surface area contributed by atoms with Crippen molar-refractivity contribution in [3.8, 4) is 17.2 Å². The van der Waals surface area contributed by atoms with E-state index in [0.29, 0.717) is 23.3 Å². The second-order valence-electron chi connectivity index (χ2n) is 7.52. The normalized spacial score (nSPS) is 17.8. The van der Waals surface area contributed by atoms with Crippen LogP contribution in [0, 0.1) is 0 Å². The predicted molar refractivity (Wildman–Crippen MR) is 113 cm³/mol. The van der Waals surface area contributed by atoms with Gasteiger partial charge < -0.3 is 19.1 Å². The number of benzene rings is 2. The van der Waals surface area contributed by atoms with E-state index in [0.717, 1.165) is 31.2 Å². The number of methoxy groups -OCH3 is 3. The zero-order valence-corrected chi connectivity index (χ0v) is 17.2. The molecule has 5 heteroatoms. The second kappa shape index (κ2) is 8.19. The van der Waals surface area contributed by atoms with Crippen molar-refractivity contribution in [1.29, 1.82) is 0 Å². The molecule has 0 heterocycles. The van der Waals surface area contributed by atoms with Crippen LogP contribution in [0.3, 0.4) is 0 Å². The molecule has 0 spiro atoms. The van der Waals surface area contributed by atoms with Crippen molar-refractivity contribution in [3.63, 3.8) is 0 Å². The Labute approximate surface area is 171 Å². The van der Waals surface area contributed by atoms with Gasteiger partial charge in [0.1, 0.15) is 0 Å². The van der Waals surface area contributed by atoms with Crippen molar-refractivity contribution in [1.82, 2.24) is 4.90 Å². The molecule has 0 bridgehead atoms. The van der Waals surface area contributed by atoms with Crippen LogP contribution in [0.2, 0.25) is 0 Å². The molecule has 1 amide bonds. The van der Waals surface area contributed by atoms with Crippen LogP contribution in [-0.4, -0.2) is 38.2 Å². The molecule has 1 atom stereocenters. The summed E-state index contributed by atoms with van der Waals surface area (Å²) in [7, 11) is 4.75. The monoisotopic (exact) mass is 393 g/mol. The standard InChI is InChI=1S/C24H27NO4/c1-27-21-14-16(15-22(28-2)24(21)29-3)8-13-23(26)25(18-10-11-18)20-12-9-17-6-4-5-7-19(17)20/h4-8,13-15,18,20H,9-12H2,1-3H3/b13-8+. The Morgan fingerprint density at radius 1 is 1.00 bits per heavy atom. The van der Waals surface area contributed by atoms with Gasteiger partial charge in [0.25, 0.3) is 0 Å². The first-order valence-corrected chi connectivity index (χ1v) is 10.0. The van der Waals surface area contributed by atoms with Crippen molar-refractivity contribution in [2.24, 2.45) is 0 Å². The minimum absolute atomic E-state index is 0.0583. The van der Waals surface area contributed by atoms with Gasteiger partial charge in [0.05, 0.1) is 27.4 Å². The summed E-state index contributed by atoms with van der Waals surface area (Å²) < 4.78 is 16.2. The van der Waals surface area contributed by atoms with E-state index in [1.165, 1.54) is 11.1 Å². The smallest absolute Gasteiger partial charge is 0.247 e. The maximum absolute atomic E-state index is 13.2. The lowest BCUT2D eigenvalue weighted by Gasteiger charge is -2.29. The summed E-state index contributed by atoms with van der Waals surface area (Å²) in [5.41, 5.74) is 3.49. The molecule has 152 valence electrons. The quantitative estimate of drug-likeness (QED) is 0.654. The minimum Gasteiger partial charge on any atom is -0.493 e. The summed E-state index contributed by atoms with van der Waals surface area (Å²) in [4.78, 5) is 15.3. The number of hydrogen-bond acceptors (Lipinski definition) is 4. The lowest BCUT2D eigenvalue weighted by molar-refractivity contribution is -0.129. The number of rotatable bonds is 7. The predicted octanol–water partition coefficient (Wildman–Crippen LogP) is 4.40. The first-order chi connectivity index (χ1) is 14.2. The summed E-state index contributed by atoms with van der Waals surface area (Å²) in [5.74, 6) is 1.74. The van der Waals surface area contributed by atoms with Crippen LogP contribution in [-0.2, 0) is 11.2 Å². The average Bonchev–Trinajstić information content (AvgIpc) is 3.50. The highest BCUT2D eigenvalue weighted by Crippen LogP contribution is 2.42. The Kier molecular flexibility index (Phi) is 5.47. The topological polar surface area (TPSA) is 48.0 Å². The van der Waals surface area contributed by atoms with E-state index in [9.17, 15) is 4.79 Å². The summed E-state index contributed by atoms with van der Waals surface area (Å²) in [5, 5.41) is 0. The third kappa shape index (κ3) is 3.82. The highest BCUT2D eigenvalue weighted by atomic mass is 16.5. The van der Waals surface area contributed by atoms with Crippen LogP contribution in [0.15, 0.2) is 42.5 Å². The van der Waals surface area contributed by atoms with E-state index >= 15 is 0 Å². The van der Waals surface area contributed by atoms with Gasteiger partial charge in [-0.1, -0.05) is 24.3 Å². The second-order valence-corrected chi connectivity index (χ2v) is 7.52. The van der Waals surface area contributed by atoms with E-state index in [4.69, 9.17) is 14.2 Å². The van der Waals surface area contributed by atoms with Gasteiger partial charge in [-0.15, -0.1) is 0 Å². The Morgan fingerprint density at radius 3 is 2.31 bits per heavy atom. The van der Waals surface area contributed by atoms with Gasteiger partial charge >= 0.3 is 0 Å². The largest absolute Gasteiger partial charge is 0.493 e. The summed E-state index contributed by atoms with van der Waals surface area (Å²) in [6.07, 6.45) is 7.70. The minimum atomic E-state index is 0.0583. The molecule has 2 aliphatic rings. The van der Waals surface area contributed by atoms with Gasteiger partial charge in [0, 0.05) is 12.1 Å². The molecule has 0 radical (unpaired) electrons. The molecule has 1 saturated carbocycles. The number of hydrogen-bond donors (Lipinski definition) is 0. The fourth-order valence-corrected chi connectivity index (χ4v) is 4.22. The number of aryl methyl sites for hydroxylation is 1. The Bertz CT molecular complexity index is 907. The molecule has 0 saturated heterocycles. The fourth-order valence-electron chi connectivity index (χ4n) is 4.22. The van der Waals surface area contributed by atoms with E-state index in [1.807, 2.05) is 18.2 Å². The molecule has 0 aliphatic heterocycles. The van der Waals surface area contributed by atoms with E-state index in [1.54, 1.807) is 27.4 Å². The molecule has 1 unspecified atom stereocenters. The summed E-state index contributed by atoms with van der Waals surface area (Å²) in [6.45, 7) is 0. The number of carbonyl (C=O) groups excluding carboxylic acids is 1. The molecular weight excluding hydrogens is 366 g/mol. The van der Waals surface area contributed by atoms with Crippen LogP contribution >= 0.6 is 0 Å². The molecule has 2 aliphatic carbocycles. The van der Waals surface area contributed by atoms with Crippen LogP contribution in [0.4, 0.5) is 0 Å². The molecule has 2 aromatic carbocycles. The fraction of sp³-hybridized carbons (Fsp3) is 0.375. The van der Waals surface area contributed by atoms with E-state index < -0.39 is 0 Å².